The number of nitrogens with zero attached hydrogens (tertiary/aromatic N) is 1. The number of aryl methyl sites for hydroxylation is 2. The molecule has 2 aromatic rings. The monoisotopic (exact) mass is 303 g/mol. The largest absolute Gasteiger partial charge is 0.384 e. The Labute approximate surface area is 128 Å². The molecular formula is C15H21N5O2. The number of H-pyrrole nitrogens is 1. The zero-order chi connectivity index (χ0) is 16.3. The Morgan fingerprint density at radius 3 is 2.55 bits per heavy atom. The molecule has 0 fully saturated rings. The van der Waals surface area contributed by atoms with Crippen LogP contribution in [0, 0.1) is 6.92 Å². The van der Waals surface area contributed by atoms with Crippen molar-refractivity contribution in [1.82, 2.24) is 15.1 Å². The molecule has 0 spiro atoms. The van der Waals surface area contributed by atoms with Crippen molar-refractivity contribution in [2.45, 2.75) is 25.9 Å². The van der Waals surface area contributed by atoms with Gasteiger partial charge in [-0.3, -0.25) is 19.4 Å². The fraction of sp³-hybridized carbons (Fsp3) is 0.333. The summed E-state index contributed by atoms with van der Waals surface area (Å²) in [5.74, 6) is -0.0259. The smallest absolute Gasteiger partial charge is 0.273 e. The van der Waals surface area contributed by atoms with E-state index >= 15 is 0 Å². The van der Waals surface area contributed by atoms with Gasteiger partial charge in [0.2, 0.25) is 5.91 Å². The topological polar surface area (TPSA) is 119 Å². The quantitative estimate of drug-likeness (QED) is 0.635. The fourth-order valence-corrected chi connectivity index (χ4v) is 2.23. The van der Waals surface area contributed by atoms with Gasteiger partial charge in [0, 0.05) is 26.1 Å². The van der Waals surface area contributed by atoms with Crippen LogP contribution in [0.1, 0.15) is 29.2 Å². The highest BCUT2D eigenvalue weighted by Gasteiger charge is 2.20. The molecule has 1 unspecified atom stereocenters. The van der Waals surface area contributed by atoms with Crippen LogP contribution in [-0.4, -0.2) is 15.7 Å². The summed E-state index contributed by atoms with van der Waals surface area (Å²) in [6, 6.07) is 7.14. The third-order valence-corrected chi connectivity index (χ3v) is 3.50. The number of anilines is 1. The lowest BCUT2D eigenvalue weighted by Crippen LogP contribution is -2.30. The van der Waals surface area contributed by atoms with Crippen LogP contribution >= 0.6 is 0 Å². The Morgan fingerprint density at radius 1 is 1.36 bits per heavy atom. The van der Waals surface area contributed by atoms with Crippen LogP contribution in [0.4, 0.5) is 5.82 Å². The van der Waals surface area contributed by atoms with Crippen molar-refractivity contribution in [2.75, 3.05) is 5.73 Å². The van der Waals surface area contributed by atoms with Crippen LogP contribution in [0.15, 0.2) is 29.1 Å². The molecule has 1 amide bonds. The number of carbonyl (C=O) groups excluding carboxylic acids is 1. The van der Waals surface area contributed by atoms with Crippen molar-refractivity contribution in [3.63, 3.8) is 0 Å². The van der Waals surface area contributed by atoms with E-state index in [0.717, 1.165) is 11.1 Å². The molecule has 0 aliphatic carbocycles. The summed E-state index contributed by atoms with van der Waals surface area (Å²) in [6.07, 6.45) is 0.00313. The zero-order valence-corrected chi connectivity index (χ0v) is 12.7. The molecule has 0 saturated heterocycles. The van der Waals surface area contributed by atoms with Gasteiger partial charge < -0.3 is 16.8 Å². The van der Waals surface area contributed by atoms with Crippen LogP contribution in [0.5, 0.6) is 0 Å². The van der Waals surface area contributed by atoms with Crippen molar-refractivity contribution >= 4 is 11.7 Å². The maximum atomic E-state index is 11.9. The van der Waals surface area contributed by atoms with E-state index in [4.69, 9.17) is 11.5 Å². The maximum absolute atomic E-state index is 11.9. The van der Waals surface area contributed by atoms with Gasteiger partial charge in [0.15, 0.2) is 0 Å². The molecule has 0 aliphatic heterocycles. The van der Waals surface area contributed by atoms with E-state index in [0.29, 0.717) is 6.54 Å². The second-order valence-corrected chi connectivity index (χ2v) is 5.38. The number of amides is 1. The summed E-state index contributed by atoms with van der Waals surface area (Å²) < 4.78 is 1.24. The first-order chi connectivity index (χ1) is 10.4. The Morgan fingerprint density at radius 2 is 2.00 bits per heavy atom. The van der Waals surface area contributed by atoms with E-state index in [1.807, 2.05) is 31.2 Å². The number of nitrogens with two attached hydrogens (primary N) is 2. The molecule has 118 valence electrons. The van der Waals surface area contributed by atoms with Gasteiger partial charge in [-0.15, -0.1) is 0 Å². The van der Waals surface area contributed by atoms with Crippen LogP contribution in [0.25, 0.3) is 0 Å². The molecule has 7 heteroatoms. The van der Waals surface area contributed by atoms with Crippen molar-refractivity contribution in [3.05, 3.63) is 51.3 Å². The fourth-order valence-electron chi connectivity index (χ4n) is 2.23. The third kappa shape index (κ3) is 3.56. The van der Waals surface area contributed by atoms with Crippen molar-refractivity contribution in [3.8, 4) is 0 Å². The van der Waals surface area contributed by atoms with Crippen molar-refractivity contribution < 1.29 is 4.79 Å². The number of nitrogen functional groups attached to an aromatic ring is 1. The highest BCUT2D eigenvalue weighted by Crippen LogP contribution is 2.15. The second kappa shape index (κ2) is 6.48. The Hall–Kier alpha value is -2.54. The highest BCUT2D eigenvalue weighted by molar-refractivity contribution is 5.77. The molecule has 1 aromatic heterocycles. The highest BCUT2D eigenvalue weighted by atomic mass is 16.1. The molecule has 1 atom stereocenters. The molecule has 1 heterocycles. The first-order valence-corrected chi connectivity index (χ1v) is 7.00. The number of aromatic nitrogens is 2. The summed E-state index contributed by atoms with van der Waals surface area (Å²) in [5.41, 5.74) is 13.7. The minimum atomic E-state index is -0.733. The minimum Gasteiger partial charge on any atom is -0.384 e. The number of hydrogen-bond acceptors (Lipinski definition) is 4. The van der Waals surface area contributed by atoms with Gasteiger partial charge in [0.1, 0.15) is 5.82 Å². The van der Waals surface area contributed by atoms with Gasteiger partial charge in [-0.25, -0.2) is 0 Å². The molecule has 22 heavy (non-hydrogen) atoms. The van der Waals surface area contributed by atoms with E-state index < -0.39 is 6.04 Å². The molecule has 0 aliphatic rings. The number of rotatable bonds is 5. The average Bonchev–Trinajstić information content (AvgIpc) is 2.71. The van der Waals surface area contributed by atoms with Crippen LogP contribution < -0.4 is 22.3 Å². The van der Waals surface area contributed by atoms with E-state index in [1.165, 1.54) is 4.68 Å². The third-order valence-electron chi connectivity index (χ3n) is 3.50. The van der Waals surface area contributed by atoms with E-state index in [-0.39, 0.29) is 29.3 Å². The maximum Gasteiger partial charge on any atom is 0.273 e. The van der Waals surface area contributed by atoms with E-state index in [1.54, 1.807) is 7.05 Å². The molecule has 6 N–H and O–H groups in total. The molecule has 0 bridgehead atoms. The van der Waals surface area contributed by atoms with Crippen molar-refractivity contribution in [1.29, 1.82) is 0 Å². The predicted molar refractivity (Wildman–Crippen MR) is 85.0 cm³/mol. The van der Waals surface area contributed by atoms with Crippen LogP contribution in [0.2, 0.25) is 0 Å². The lowest BCUT2D eigenvalue weighted by atomic mass is 10.1. The van der Waals surface area contributed by atoms with Gasteiger partial charge in [-0.2, -0.15) is 0 Å². The normalized spacial score (nSPS) is 12.1. The molecule has 0 saturated carbocycles. The molecule has 2 rings (SSSR count). The molecular weight excluding hydrogens is 282 g/mol. The molecule has 1 aromatic carbocycles. The molecule has 7 nitrogen and oxygen atoms in total. The summed E-state index contributed by atoms with van der Waals surface area (Å²) in [5, 5.41) is 5.45. The number of hydrogen-bond donors (Lipinski definition) is 4. The van der Waals surface area contributed by atoms with Crippen molar-refractivity contribution in [2.24, 2.45) is 12.8 Å². The average molecular weight is 303 g/mol. The van der Waals surface area contributed by atoms with E-state index in [2.05, 4.69) is 10.4 Å². The predicted octanol–water partition coefficient (Wildman–Crippen LogP) is 0.310. The van der Waals surface area contributed by atoms with Gasteiger partial charge >= 0.3 is 0 Å². The Kier molecular flexibility index (Phi) is 4.67. The minimum absolute atomic E-state index is 0.00313. The SMILES string of the molecule is Cc1ccc(CNC(=O)CC(N)c2c(N)[nH]n(C)c2=O)cc1. The Bertz CT molecular complexity index is 715. The van der Waals surface area contributed by atoms with Gasteiger partial charge in [-0.1, -0.05) is 29.8 Å². The summed E-state index contributed by atoms with van der Waals surface area (Å²) in [4.78, 5) is 23.8. The Balaban J connectivity index is 1.94. The number of benzene rings is 1. The lowest BCUT2D eigenvalue weighted by Gasteiger charge is -2.10. The first-order valence-electron chi connectivity index (χ1n) is 7.00. The lowest BCUT2D eigenvalue weighted by molar-refractivity contribution is -0.121. The zero-order valence-electron chi connectivity index (χ0n) is 12.7. The van der Waals surface area contributed by atoms with Crippen LogP contribution in [-0.2, 0) is 18.4 Å². The summed E-state index contributed by atoms with van der Waals surface area (Å²) >= 11 is 0. The molecule has 0 radical (unpaired) electrons. The van der Waals surface area contributed by atoms with Crippen LogP contribution in [0.3, 0.4) is 0 Å². The summed E-state index contributed by atoms with van der Waals surface area (Å²) in [7, 11) is 1.55. The first kappa shape index (κ1) is 15.8. The van der Waals surface area contributed by atoms with Gasteiger partial charge in [-0.05, 0) is 12.5 Å². The second-order valence-electron chi connectivity index (χ2n) is 5.38. The number of nitrogens with one attached hydrogen (secondary N) is 2. The summed E-state index contributed by atoms with van der Waals surface area (Å²) in [6.45, 7) is 2.43. The van der Waals surface area contributed by atoms with Gasteiger partial charge in [0.05, 0.1) is 5.56 Å². The number of carbonyl (C=O) groups is 1. The standard InChI is InChI=1S/C15H21N5O2/c1-9-3-5-10(6-4-9)8-18-12(21)7-11(16)13-14(17)19-20(2)15(13)22/h3-6,11,19H,7-8,16-17H2,1-2H3,(H,18,21). The van der Waals surface area contributed by atoms with E-state index in [9.17, 15) is 9.59 Å². The number of aromatic amines is 1. The van der Waals surface area contributed by atoms with Gasteiger partial charge in [0.25, 0.3) is 5.56 Å².